The summed E-state index contributed by atoms with van der Waals surface area (Å²) < 4.78 is 23.9. The predicted octanol–water partition coefficient (Wildman–Crippen LogP) is 3.42. The first-order valence-corrected chi connectivity index (χ1v) is 6.30. The standard InChI is InChI=1S/C16H15FO4/c1-10-3-6-14(15(7-10)20-2)21-9-11-4-5-12(17)8-13(11)16(18)19/h3-8H,9H2,1-2H3,(H,18,19). The Morgan fingerprint density at radius 1 is 1.19 bits per heavy atom. The third-order valence-electron chi connectivity index (χ3n) is 3.00. The molecule has 0 aliphatic heterocycles. The van der Waals surface area contributed by atoms with Gasteiger partial charge in [0.2, 0.25) is 0 Å². The summed E-state index contributed by atoms with van der Waals surface area (Å²) in [5.41, 5.74) is 1.31. The molecule has 0 unspecified atom stereocenters. The van der Waals surface area contributed by atoms with Crippen LogP contribution in [0.3, 0.4) is 0 Å². The second-order valence-electron chi connectivity index (χ2n) is 4.55. The quantitative estimate of drug-likeness (QED) is 0.916. The van der Waals surface area contributed by atoms with Gasteiger partial charge in [-0.2, -0.15) is 0 Å². The van der Waals surface area contributed by atoms with Gasteiger partial charge in [-0.3, -0.25) is 0 Å². The highest BCUT2D eigenvalue weighted by Gasteiger charge is 2.13. The molecule has 2 aromatic carbocycles. The number of aromatic carboxylic acids is 1. The van der Waals surface area contributed by atoms with Crippen LogP contribution >= 0.6 is 0 Å². The lowest BCUT2D eigenvalue weighted by molar-refractivity contribution is 0.0693. The molecule has 2 rings (SSSR count). The highest BCUT2D eigenvalue weighted by atomic mass is 19.1. The third-order valence-corrected chi connectivity index (χ3v) is 3.00. The number of hydrogen-bond acceptors (Lipinski definition) is 3. The van der Waals surface area contributed by atoms with Crippen molar-refractivity contribution >= 4 is 5.97 Å². The van der Waals surface area contributed by atoms with Crippen molar-refractivity contribution in [3.8, 4) is 11.5 Å². The second-order valence-corrected chi connectivity index (χ2v) is 4.55. The van der Waals surface area contributed by atoms with Gasteiger partial charge in [-0.05, 0) is 36.8 Å². The maximum absolute atomic E-state index is 13.1. The SMILES string of the molecule is COc1cc(C)ccc1OCc1ccc(F)cc1C(=O)O. The molecule has 0 atom stereocenters. The minimum atomic E-state index is -1.19. The average molecular weight is 290 g/mol. The highest BCUT2D eigenvalue weighted by Crippen LogP contribution is 2.28. The number of aryl methyl sites for hydroxylation is 1. The van der Waals surface area contributed by atoms with Crippen molar-refractivity contribution in [1.29, 1.82) is 0 Å². The molecule has 110 valence electrons. The van der Waals surface area contributed by atoms with Gasteiger partial charge in [0.15, 0.2) is 11.5 Å². The molecule has 0 spiro atoms. The van der Waals surface area contributed by atoms with Gasteiger partial charge < -0.3 is 14.6 Å². The number of carboxylic acid groups (broad SMARTS) is 1. The molecular formula is C16H15FO4. The lowest BCUT2D eigenvalue weighted by Crippen LogP contribution is -2.06. The fraction of sp³-hybridized carbons (Fsp3) is 0.188. The lowest BCUT2D eigenvalue weighted by Gasteiger charge is -2.12. The van der Waals surface area contributed by atoms with E-state index in [1.54, 1.807) is 6.07 Å². The van der Waals surface area contributed by atoms with Crippen molar-refractivity contribution in [3.05, 3.63) is 58.9 Å². The van der Waals surface area contributed by atoms with Gasteiger partial charge in [0, 0.05) is 5.56 Å². The van der Waals surface area contributed by atoms with Crippen LogP contribution in [-0.4, -0.2) is 18.2 Å². The Balaban J connectivity index is 2.22. The molecule has 0 aliphatic rings. The van der Waals surface area contributed by atoms with E-state index >= 15 is 0 Å². The first kappa shape index (κ1) is 14.8. The Labute approximate surface area is 121 Å². The topological polar surface area (TPSA) is 55.8 Å². The van der Waals surface area contributed by atoms with E-state index in [1.807, 2.05) is 19.1 Å². The van der Waals surface area contributed by atoms with Crippen LogP contribution < -0.4 is 9.47 Å². The molecule has 0 aromatic heterocycles. The van der Waals surface area contributed by atoms with Crippen molar-refractivity contribution < 1.29 is 23.8 Å². The van der Waals surface area contributed by atoms with Crippen LogP contribution in [0.15, 0.2) is 36.4 Å². The van der Waals surface area contributed by atoms with Gasteiger partial charge >= 0.3 is 5.97 Å². The molecule has 0 fully saturated rings. The average Bonchev–Trinajstić information content (AvgIpc) is 2.46. The van der Waals surface area contributed by atoms with E-state index in [2.05, 4.69) is 0 Å². The summed E-state index contributed by atoms with van der Waals surface area (Å²) in [5.74, 6) is -0.717. The monoisotopic (exact) mass is 290 g/mol. The van der Waals surface area contributed by atoms with Crippen LogP contribution in [0.5, 0.6) is 11.5 Å². The number of rotatable bonds is 5. The van der Waals surface area contributed by atoms with E-state index in [1.165, 1.54) is 19.2 Å². The zero-order chi connectivity index (χ0) is 15.4. The van der Waals surface area contributed by atoms with E-state index in [9.17, 15) is 9.18 Å². The summed E-state index contributed by atoms with van der Waals surface area (Å²) in [6.07, 6.45) is 0. The number of ether oxygens (including phenoxy) is 2. The number of hydrogen-bond donors (Lipinski definition) is 1. The van der Waals surface area contributed by atoms with Crippen LogP contribution in [0.25, 0.3) is 0 Å². The number of benzene rings is 2. The first-order chi connectivity index (χ1) is 10.0. The number of carbonyl (C=O) groups is 1. The van der Waals surface area contributed by atoms with E-state index in [0.29, 0.717) is 17.1 Å². The summed E-state index contributed by atoms with van der Waals surface area (Å²) in [5, 5.41) is 9.08. The molecule has 0 saturated carbocycles. The Hall–Kier alpha value is -2.56. The maximum Gasteiger partial charge on any atom is 0.336 e. The molecule has 0 heterocycles. The van der Waals surface area contributed by atoms with Gasteiger partial charge in [0.1, 0.15) is 12.4 Å². The van der Waals surface area contributed by atoms with Gasteiger partial charge in [-0.15, -0.1) is 0 Å². The van der Waals surface area contributed by atoms with Crippen molar-refractivity contribution in [1.82, 2.24) is 0 Å². The highest BCUT2D eigenvalue weighted by molar-refractivity contribution is 5.89. The Bertz CT molecular complexity index is 667. The molecule has 4 nitrogen and oxygen atoms in total. The van der Waals surface area contributed by atoms with Crippen LogP contribution in [-0.2, 0) is 6.61 Å². The van der Waals surface area contributed by atoms with E-state index < -0.39 is 11.8 Å². The third kappa shape index (κ3) is 3.51. The number of halogens is 1. The largest absolute Gasteiger partial charge is 0.493 e. The summed E-state index contributed by atoms with van der Waals surface area (Å²) in [6.45, 7) is 1.94. The molecular weight excluding hydrogens is 275 g/mol. The molecule has 0 bridgehead atoms. The summed E-state index contributed by atoms with van der Waals surface area (Å²) >= 11 is 0. The van der Waals surface area contributed by atoms with Gasteiger partial charge in [-0.1, -0.05) is 12.1 Å². The van der Waals surface area contributed by atoms with E-state index in [-0.39, 0.29) is 12.2 Å². The first-order valence-electron chi connectivity index (χ1n) is 6.30. The Morgan fingerprint density at radius 2 is 1.95 bits per heavy atom. The molecule has 5 heteroatoms. The molecule has 0 amide bonds. The zero-order valence-corrected chi connectivity index (χ0v) is 11.7. The van der Waals surface area contributed by atoms with Crippen molar-refractivity contribution in [2.45, 2.75) is 13.5 Å². The number of methoxy groups -OCH3 is 1. The van der Waals surface area contributed by atoms with Crippen LogP contribution in [0.4, 0.5) is 4.39 Å². The molecule has 0 saturated heterocycles. The lowest BCUT2D eigenvalue weighted by atomic mass is 10.1. The van der Waals surface area contributed by atoms with E-state index in [4.69, 9.17) is 14.6 Å². The van der Waals surface area contributed by atoms with Crippen molar-refractivity contribution in [2.24, 2.45) is 0 Å². The fourth-order valence-electron chi connectivity index (χ4n) is 1.92. The fourth-order valence-corrected chi connectivity index (χ4v) is 1.92. The van der Waals surface area contributed by atoms with Crippen molar-refractivity contribution in [3.63, 3.8) is 0 Å². The molecule has 21 heavy (non-hydrogen) atoms. The predicted molar refractivity (Wildman–Crippen MR) is 75.4 cm³/mol. The van der Waals surface area contributed by atoms with Gasteiger partial charge in [0.25, 0.3) is 0 Å². The molecule has 2 aromatic rings. The smallest absolute Gasteiger partial charge is 0.336 e. The molecule has 1 N–H and O–H groups in total. The summed E-state index contributed by atoms with van der Waals surface area (Å²) in [7, 11) is 1.53. The van der Waals surface area contributed by atoms with E-state index in [0.717, 1.165) is 11.6 Å². The van der Waals surface area contributed by atoms with Crippen LogP contribution in [0.2, 0.25) is 0 Å². The van der Waals surface area contributed by atoms with Gasteiger partial charge in [0.05, 0.1) is 12.7 Å². The normalized spacial score (nSPS) is 10.2. The maximum atomic E-state index is 13.1. The minimum absolute atomic E-state index is 0.0152. The zero-order valence-electron chi connectivity index (χ0n) is 11.7. The Kier molecular flexibility index (Phi) is 4.42. The van der Waals surface area contributed by atoms with Crippen molar-refractivity contribution in [2.75, 3.05) is 7.11 Å². The molecule has 0 radical (unpaired) electrons. The minimum Gasteiger partial charge on any atom is -0.493 e. The van der Waals surface area contributed by atoms with Crippen LogP contribution in [0.1, 0.15) is 21.5 Å². The second kappa shape index (κ2) is 6.26. The summed E-state index contributed by atoms with van der Waals surface area (Å²) in [4.78, 5) is 11.1. The van der Waals surface area contributed by atoms with Gasteiger partial charge in [-0.25, -0.2) is 9.18 Å². The van der Waals surface area contributed by atoms with Crippen LogP contribution in [0, 0.1) is 12.7 Å². The number of carboxylic acids is 1. The Morgan fingerprint density at radius 3 is 2.62 bits per heavy atom. The molecule has 0 aliphatic carbocycles. The summed E-state index contributed by atoms with van der Waals surface area (Å²) in [6, 6.07) is 9.02.